The Balaban J connectivity index is 3.04. The van der Waals surface area contributed by atoms with Gasteiger partial charge in [0.15, 0.2) is 11.5 Å². The summed E-state index contributed by atoms with van der Waals surface area (Å²) in [6.07, 6.45) is 1.65. The Morgan fingerprint density at radius 2 is 1.82 bits per heavy atom. The highest BCUT2D eigenvalue weighted by Crippen LogP contribution is 2.28. The molecule has 1 rings (SSSR count). The fourth-order valence-corrected chi connectivity index (χ4v) is 1.67. The molecule has 0 saturated carbocycles. The van der Waals surface area contributed by atoms with Crippen molar-refractivity contribution >= 4 is 28.0 Å². The highest BCUT2D eigenvalue weighted by atomic mass is 79.9. The second-order valence-corrected chi connectivity index (χ2v) is 3.95. The number of rotatable bonds is 4. The van der Waals surface area contributed by atoms with Gasteiger partial charge < -0.3 is 14.2 Å². The van der Waals surface area contributed by atoms with Crippen LogP contribution in [0.25, 0.3) is 6.08 Å². The number of carbonyl (C=O) groups is 1. The third-order valence-electron chi connectivity index (χ3n) is 2.08. The summed E-state index contributed by atoms with van der Waals surface area (Å²) < 4.78 is 15.2. The molecule has 0 atom stereocenters. The van der Waals surface area contributed by atoms with Gasteiger partial charge in [0.05, 0.1) is 21.3 Å². The first-order valence-electron chi connectivity index (χ1n) is 4.80. The van der Waals surface area contributed by atoms with E-state index in [-0.39, 0.29) is 0 Å². The zero-order valence-electron chi connectivity index (χ0n) is 9.82. The van der Waals surface area contributed by atoms with Gasteiger partial charge in [-0.3, -0.25) is 0 Å². The van der Waals surface area contributed by atoms with E-state index in [2.05, 4.69) is 20.7 Å². The van der Waals surface area contributed by atoms with Crippen LogP contribution in [-0.2, 0) is 9.53 Å². The number of benzene rings is 1. The lowest BCUT2D eigenvalue weighted by molar-refractivity contribution is -0.135. The van der Waals surface area contributed by atoms with E-state index in [1.165, 1.54) is 7.11 Å². The Hall–Kier alpha value is -1.49. The number of esters is 1. The molecule has 0 radical (unpaired) electrons. The summed E-state index contributed by atoms with van der Waals surface area (Å²) in [5.41, 5.74) is 0.805. The van der Waals surface area contributed by atoms with Crippen LogP contribution in [0.2, 0.25) is 0 Å². The Bertz CT molecular complexity index is 440. The van der Waals surface area contributed by atoms with Gasteiger partial charge in [0.25, 0.3) is 0 Å². The monoisotopic (exact) mass is 300 g/mol. The fraction of sp³-hybridized carbons (Fsp3) is 0.250. The molecule has 0 aliphatic carbocycles. The van der Waals surface area contributed by atoms with Crippen LogP contribution in [0.1, 0.15) is 5.56 Å². The third-order valence-corrected chi connectivity index (χ3v) is 2.63. The van der Waals surface area contributed by atoms with Crippen LogP contribution in [0.5, 0.6) is 11.5 Å². The first-order chi connectivity index (χ1) is 8.12. The fourth-order valence-electron chi connectivity index (χ4n) is 1.25. The molecular weight excluding hydrogens is 288 g/mol. The van der Waals surface area contributed by atoms with Gasteiger partial charge in [-0.15, -0.1) is 0 Å². The lowest BCUT2D eigenvalue weighted by atomic mass is 10.2. The van der Waals surface area contributed by atoms with E-state index in [0.717, 1.165) is 5.56 Å². The molecule has 0 N–H and O–H groups in total. The van der Waals surface area contributed by atoms with Crippen LogP contribution in [0.4, 0.5) is 0 Å². The molecule has 17 heavy (non-hydrogen) atoms. The SMILES string of the molecule is COC(=O)/C(Br)=C\c1ccc(OC)c(OC)c1. The molecule has 0 aromatic heterocycles. The van der Waals surface area contributed by atoms with Crippen molar-refractivity contribution in [3.63, 3.8) is 0 Å². The minimum atomic E-state index is -0.431. The van der Waals surface area contributed by atoms with E-state index in [9.17, 15) is 4.79 Å². The second-order valence-electron chi connectivity index (χ2n) is 3.10. The average molecular weight is 301 g/mol. The summed E-state index contributed by atoms with van der Waals surface area (Å²) in [5.74, 6) is 0.810. The number of carbonyl (C=O) groups excluding carboxylic acids is 1. The van der Waals surface area contributed by atoms with Crippen LogP contribution in [0.3, 0.4) is 0 Å². The zero-order chi connectivity index (χ0) is 12.8. The zero-order valence-corrected chi connectivity index (χ0v) is 11.4. The lowest BCUT2D eigenvalue weighted by Crippen LogP contribution is -1.99. The molecule has 1 aromatic rings. The minimum absolute atomic E-state index is 0.340. The second kappa shape index (κ2) is 6.30. The predicted octanol–water partition coefficient (Wildman–Crippen LogP) is 2.61. The Kier molecular flexibility index (Phi) is 5.03. The van der Waals surface area contributed by atoms with Gasteiger partial charge in [-0.05, 0) is 39.7 Å². The standard InChI is InChI=1S/C12H13BrO4/c1-15-10-5-4-8(7-11(10)16-2)6-9(13)12(14)17-3/h4-7H,1-3H3/b9-6+. The van der Waals surface area contributed by atoms with Crippen molar-refractivity contribution in [1.82, 2.24) is 0 Å². The van der Waals surface area contributed by atoms with Crippen molar-refractivity contribution < 1.29 is 19.0 Å². The van der Waals surface area contributed by atoms with E-state index in [1.54, 1.807) is 32.4 Å². The molecule has 5 heteroatoms. The molecule has 0 heterocycles. The maximum absolute atomic E-state index is 11.2. The average Bonchev–Trinajstić information content (AvgIpc) is 2.37. The quantitative estimate of drug-likeness (QED) is 0.633. The molecule has 0 saturated heterocycles. The third kappa shape index (κ3) is 3.49. The first kappa shape index (κ1) is 13.6. The van der Waals surface area contributed by atoms with Crippen LogP contribution in [0, 0.1) is 0 Å². The Labute approximate surface area is 108 Å². The van der Waals surface area contributed by atoms with Crippen molar-refractivity contribution in [2.24, 2.45) is 0 Å². The Morgan fingerprint density at radius 3 is 2.35 bits per heavy atom. The van der Waals surface area contributed by atoms with E-state index in [1.807, 2.05) is 6.07 Å². The topological polar surface area (TPSA) is 44.8 Å². The molecule has 0 spiro atoms. The summed E-state index contributed by atoms with van der Waals surface area (Å²) in [4.78, 5) is 11.2. The smallest absolute Gasteiger partial charge is 0.344 e. The number of hydrogen-bond donors (Lipinski definition) is 0. The van der Waals surface area contributed by atoms with E-state index in [0.29, 0.717) is 16.0 Å². The van der Waals surface area contributed by atoms with Crippen molar-refractivity contribution in [2.75, 3.05) is 21.3 Å². The van der Waals surface area contributed by atoms with Gasteiger partial charge >= 0.3 is 5.97 Å². The van der Waals surface area contributed by atoms with Crippen molar-refractivity contribution in [1.29, 1.82) is 0 Å². The van der Waals surface area contributed by atoms with Crippen LogP contribution in [0.15, 0.2) is 22.7 Å². The maximum Gasteiger partial charge on any atom is 0.344 e. The van der Waals surface area contributed by atoms with E-state index < -0.39 is 5.97 Å². The number of hydrogen-bond acceptors (Lipinski definition) is 4. The van der Waals surface area contributed by atoms with Crippen LogP contribution < -0.4 is 9.47 Å². The van der Waals surface area contributed by atoms with Gasteiger partial charge in [0.1, 0.15) is 4.48 Å². The predicted molar refractivity (Wildman–Crippen MR) is 68.5 cm³/mol. The first-order valence-corrected chi connectivity index (χ1v) is 5.59. The highest BCUT2D eigenvalue weighted by Gasteiger charge is 2.07. The minimum Gasteiger partial charge on any atom is -0.493 e. The van der Waals surface area contributed by atoms with Gasteiger partial charge in [-0.2, -0.15) is 0 Å². The van der Waals surface area contributed by atoms with Gasteiger partial charge in [-0.25, -0.2) is 4.79 Å². The number of methoxy groups -OCH3 is 3. The molecule has 0 aliphatic rings. The van der Waals surface area contributed by atoms with Gasteiger partial charge in [0.2, 0.25) is 0 Å². The van der Waals surface area contributed by atoms with Crippen molar-refractivity contribution in [3.05, 3.63) is 28.2 Å². The summed E-state index contributed by atoms with van der Waals surface area (Å²) in [6, 6.07) is 5.34. The molecule has 0 fully saturated rings. The lowest BCUT2D eigenvalue weighted by Gasteiger charge is -2.07. The number of halogens is 1. The van der Waals surface area contributed by atoms with E-state index >= 15 is 0 Å². The number of ether oxygens (including phenoxy) is 3. The van der Waals surface area contributed by atoms with Crippen LogP contribution >= 0.6 is 15.9 Å². The highest BCUT2D eigenvalue weighted by molar-refractivity contribution is 9.12. The molecule has 0 bridgehead atoms. The van der Waals surface area contributed by atoms with Crippen molar-refractivity contribution in [2.45, 2.75) is 0 Å². The summed E-state index contributed by atoms with van der Waals surface area (Å²) in [7, 11) is 4.45. The van der Waals surface area contributed by atoms with Crippen molar-refractivity contribution in [3.8, 4) is 11.5 Å². The largest absolute Gasteiger partial charge is 0.493 e. The molecular formula is C12H13BrO4. The summed E-state index contributed by atoms with van der Waals surface area (Å²) in [5, 5.41) is 0. The summed E-state index contributed by atoms with van der Waals surface area (Å²) >= 11 is 3.14. The Morgan fingerprint density at radius 1 is 1.18 bits per heavy atom. The molecule has 0 unspecified atom stereocenters. The van der Waals surface area contributed by atoms with Crippen LogP contribution in [-0.4, -0.2) is 27.3 Å². The maximum atomic E-state index is 11.2. The molecule has 0 amide bonds. The molecule has 4 nitrogen and oxygen atoms in total. The molecule has 92 valence electrons. The van der Waals surface area contributed by atoms with Gasteiger partial charge in [-0.1, -0.05) is 6.07 Å². The van der Waals surface area contributed by atoms with Gasteiger partial charge in [0, 0.05) is 0 Å². The van der Waals surface area contributed by atoms with E-state index in [4.69, 9.17) is 9.47 Å². The molecule has 1 aromatic carbocycles. The normalized spacial score (nSPS) is 10.9. The summed E-state index contributed by atoms with van der Waals surface area (Å²) in [6.45, 7) is 0. The molecule has 0 aliphatic heterocycles.